The molecule has 0 spiro atoms. The molecule has 0 saturated carbocycles. The van der Waals surface area contributed by atoms with Crippen LogP contribution in [0.4, 0.5) is 10.1 Å². The third-order valence-corrected chi connectivity index (χ3v) is 3.54. The van der Waals surface area contributed by atoms with Crippen molar-refractivity contribution < 1.29 is 18.7 Å². The number of nitrogen functional groups attached to an aromatic ring is 1. The fraction of sp³-hybridized carbons (Fsp3) is 0.0714. The Balaban J connectivity index is 2.36. The van der Waals surface area contributed by atoms with Gasteiger partial charge < -0.3 is 15.2 Å². The second-order valence-electron chi connectivity index (χ2n) is 4.04. The van der Waals surface area contributed by atoms with Crippen LogP contribution in [0.25, 0.3) is 0 Å². The number of ether oxygens (including phenoxy) is 2. The smallest absolute Gasteiger partial charge is 0.340 e. The number of hydrogen-bond acceptors (Lipinski definition) is 4. The van der Waals surface area contributed by atoms with Crippen LogP contribution in [-0.4, -0.2) is 13.1 Å². The van der Waals surface area contributed by atoms with Gasteiger partial charge in [0.05, 0.1) is 22.2 Å². The summed E-state index contributed by atoms with van der Waals surface area (Å²) in [6, 6.07) is 6.99. The Kier molecular flexibility index (Phi) is 4.69. The van der Waals surface area contributed by atoms with Crippen molar-refractivity contribution in [2.45, 2.75) is 0 Å². The molecule has 0 unspecified atom stereocenters. The maximum atomic E-state index is 13.5. The minimum atomic E-state index is -0.612. The van der Waals surface area contributed by atoms with Gasteiger partial charge in [0.15, 0.2) is 0 Å². The Bertz CT molecular complexity index is 709. The molecule has 0 radical (unpaired) electrons. The lowest BCUT2D eigenvalue weighted by Crippen LogP contribution is -2.05. The third kappa shape index (κ3) is 3.46. The minimum Gasteiger partial charge on any atom is -0.465 e. The van der Waals surface area contributed by atoms with Crippen LogP contribution in [0.15, 0.2) is 34.8 Å². The van der Waals surface area contributed by atoms with Gasteiger partial charge in [0.2, 0.25) is 0 Å². The van der Waals surface area contributed by atoms with Crippen LogP contribution in [0, 0.1) is 5.82 Å². The van der Waals surface area contributed by atoms with Crippen molar-refractivity contribution in [3.05, 3.63) is 51.2 Å². The van der Waals surface area contributed by atoms with Crippen LogP contribution in [-0.2, 0) is 4.74 Å². The van der Waals surface area contributed by atoms with Gasteiger partial charge >= 0.3 is 5.97 Å². The quantitative estimate of drug-likeness (QED) is 0.491. The van der Waals surface area contributed by atoms with Gasteiger partial charge in [-0.25, -0.2) is 9.18 Å². The van der Waals surface area contributed by atoms with Crippen molar-refractivity contribution in [1.29, 1.82) is 0 Å². The van der Waals surface area contributed by atoms with Crippen LogP contribution >= 0.6 is 27.5 Å². The lowest BCUT2D eigenvalue weighted by Gasteiger charge is -2.11. The number of halogens is 3. The monoisotopic (exact) mass is 373 g/mol. The molecule has 0 aliphatic carbocycles. The second kappa shape index (κ2) is 6.32. The number of esters is 1. The summed E-state index contributed by atoms with van der Waals surface area (Å²) in [5.41, 5.74) is 6.12. The van der Waals surface area contributed by atoms with E-state index >= 15 is 0 Å². The summed E-state index contributed by atoms with van der Waals surface area (Å²) in [4.78, 5) is 11.6. The molecule has 21 heavy (non-hydrogen) atoms. The molecular formula is C14H10BrClFNO3. The SMILES string of the molecule is COC(=O)c1cc(Oc2cc(F)c(Cl)cc2Br)ccc1N. The van der Waals surface area contributed by atoms with Gasteiger partial charge in [0.25, 0.3) is 0 Å². The number of methoxy groups -OCH3 is 1. The first-order valence-electron chi connectivity index (χ1n) is 5.72. The molecule has 0 bridgehead atoms. The standard InChI is InChI=1S/C14H10BrClFNO3/c1-20-14(19)8-4-7(2-3-12(8)18)21-13-6-11(17)10(16)5-9(13)15/h2-6H,18H2,1H3. The Labute approximate surface area is 133 Å². The molecule has 110 valence electrons. The topological polar surface area (TPSA) is 61.5 Å². The summed E-state index contributed by atoms with van der Waals surface area (Å²) in [6.45, 7) is 0. The van der Waals surface area contributed by atoms with Crippen molar-refractivity contribution in [2.24, 2.45) is 0 Å². The van der Waals surface area contributed by atoms with E-state index in [4.69, 9.17) is 22.1 Å². The molecule has 0 aliphatic rings. The molecule has 0 fully saturated rings. The molecule has 0 heterocycles. The first-order valence-corrected chi connectivity index (χ1v) is 6.89. The highest BCUT2D eigenvalue weighted by Crippen LogP contribution is 2.34. The molecule has 4 nitrogen and oxygen atoms in total. The van der Waals surface area contributed by atoms with E-state index in [0.717, 1.165) is 6.07 Å². The van der Waals surface area contributed by atoms with E-state index in [1.165, 1.54) is 25.3 Å². The lowest BCUT2D eigenvalue weighted by molar-refractivity contribution is 0.0601. The normalized spacial score (nSPS) is 10.3. The Morgan fingerprint density at radius 1 is 1.33 bits per heavy atom. The van der Waals surface area contributed by atoms with Crippen molar-refractivity contribution in [3.8, 4) is 11.5 Å². The van der Waals surface area contributed by atoms with E-state index in [1.54, 1.807) is 6.07 Å². The van der Waals surface area contributed by atoms with Crippen LogP contribution in [0.3, 0.4) is 0 Å². The van der Waals surface area contributed by atoms with Crippen molar-refractivity contribution in [3.63, 3.8) is 0 Å². The number of benzene rings is 2. The summed E-state index contributed by atoms with van der Waals surface area (Å²) in [5, 5.41) is -0.0261. The summed E-state index contributed by atoms with van der Waals surface area (Å²) in [5.74, 6) is -0.665. The minimum absolute atomic E-state index is 0.0261. The molecular weight excluding hydrogens is 365 g/mol. The summed E-state index contributed by atoms with van der Waals surface area (Å²) >= 11 is 8.88. The summed E-state index contributed by atoms with van der Waals surface area (Å²) in [6.07, 6.45) is 0. The van der Waals surface area contributed by atoms with Gasteiger partial charge in [-0.05, 0) is 40.2 Å². The highest BCUT2D eigenvalue weighted by atomic mass is 79.9. The number of anilines is 1. The largest absolute Gasteiger partial charge is 0.465 e. The van der Waals surface area contributed by atoms with Crippen molar-refractivity contribution in [2.75, 3.05) is 12.8 Å². The lowest BCUT2D eigenvalue weighted by atomic mass is 10.1. The van der Waals surface area contributed by atoms with Crippen LogP contribution in [0.5, 0.6) is 11.5 Å². The van der Waals surface area contributed by atoms with Crippen LogP contribution in [0.1, 0.15) is 10.4 Å². The van der Waals surface area contributed by atoms with Crippen molar-refractivity contribution in [1.82, 2.24) is 0 Å². The Hall–Kier alpha value is -1.79. The fourth-order valence-electron chi connectivity index (χ4n) is 1.60. The molecule has 2 rings (SSSR count). The van der Waals surface area contributed by atoms with Crippen LogP contribution < -0.4 is 10.5 Å². The molecule has 2 N–H and O–H groups in total. The van der Waals surface area contributed by atoms with E-state index in [-0.39, 0.29) is 22.0 Å². The van der Waals surface area contributed by atoms with E-state index in [9.17, 15) is 9.18 Å². The average molecular weight is 375 g/mol. The van der Waals surface area contributed by atoms with Gasteiger partial charge in [0.1, 0.15) is 17.3 Å². The first kappa shape index (κ1) is 15.6. The summed E-state index contributed by atoms with van der Waals surface area (Å²) < 4.78 is 24.1. The van der Waals surface area contributed by atoms with Gasteiger partial charge in [-0.1, -0.05) is 11.6 Å². The van der Waals surface area contributed by atoms with E-state index < -0.39 is 11.8 Å². The maximum absolute atomic E-state index is 13.5. The van der Waals surface area contributed by atoms with Gasteiger partial charge in [-0.3, -0.25) is 0 Å². The number of hydrogen-bond donors (Lipinski definition) is 1. The van der Waals surface area contributed by atoms with Gasteiger partial charge in [0, 0.05) is 11.8 Å². The zero-order valence-corrected chi connectivity index (χ0v) is 13.2. The Morgan fingerprint density at radius 2 is 2.05 bits per heavy atom. The second-order valence-corrected chi connectivity index (χ2v) is 5.30. The zero-order chi connectivity index (χ0) is 15.6. The van der Waals surface area contributed by atoms with Crippen LogP contribution in [0.2, 0.25) is 5.02 Å². The van der Waals surface area contributed by atoms with Gasteiger partial charge in [-0.2, -0.15) is 0 Å². The molecule has 0 aliphatic heterocycles. The molecule has 2 aromatic rings. The van der Waals surface area contributed by atoms with E-state index in [1.807, 2.05) is 0 Å². The number of nitrogens with two attached hydrogens (primary N) is 1. The predicted octanol–water partition coefficient (Wildman–Crippen LogP) is 4.40. The molecule has 0 amide bonds. The maximum Gasteiger partial charge on any atom is 0.340 e. The molecule has 7 heteroatoms. The average Bonchev–Trinajstić information content (AvgIpc) is 2.45. The Morgan fingerprint density at radius 3 is 2.71 bits per heavy atom. The predicted molar refractivity (Wildman–Crippen MR) is 81.4 cm³/mol. The third-order valence-electron chi connectivity index (χ3n) is 2.63. The fourth-order valence-corrected chi connectivity index (χ4v) is 2.31. The van der Waals surface area contributed by atoms with Gasteiger partial charge in [-0.15, -0.1) is 0 Å². The first-order chi connectivity index (χ1) is 9.92. The van der Waals surface area contributed by atoms with Crippen molar-refractivity contribution >= 4 is 39.2 Å². The number of carbonyl (C=O) groups excluding carboxylic acids is 1. The van der Waals surface area contributed by atoms with E-state index in [2.05, 4.69) is 20.7 Å². The summed E-state index contributed by atoms with van der Waals surface area (Å²) in [7, 11) is 1.25. The molecule has 2 aromatic carbocycles. The molecule has 0 saturated heterocycles. The highest BCUT2D eigenvalue weighted by molar-refractivity contribution is 9.10. The number of carbonyl (C=O) groups is 1. The zero-order valence-electron chi connectivity index (χ0n) is 10.8. The molecule has 0 aromatic heterocycles. The van der Waals surface area contributed by atoms with E-state index in [0.29, 0.717) is 10.2 Å². The molecule has 0 atom stereocenters. The highest BCUT2D eigenvalue weighted by Gasteiger charge is 2.13. The number of rotatable bonds is 3.